The normalized spacial score (nSPS) is 13.3. The fourth-order valence-corrected chi connectivity index (χ4v) is 2.39. The smallest absolute Gasteiger partial charge is 0.122 e. The van der Waals surface area contributed by atoms with Gasteiger partial charge in [-0.2, -0.15) is 0 Å². The summed E-state index contributed by atoms with van der Waals surface area (Å²) in [5.41, 5.74) is 1.12. The van der Waals surface area contributed by atoms with Gasteiger partial charge in [0.15, 0.2) is 0 Å². The summed E-state index contributed by atoms with van der Waals surface area (Å²) in [5, 5.41) is 6.59. The highest BCUT2D eigenvalue weighted by Gasteiger charge is 2.13. The van der Waals surface area contributed by atoms with Crippen LogP contribution >= 0.6 is 11.3 Å². The maximum Gasteiger partial charge on any atom is 0.122 e. The average Bonchev–Trinajstić information content (AvgIpc) is 2.71. The molecule has 16 heavy (non-hydrogen) atoms. The Balaban J connectivity index is 2.55. The molecule has 1 heterocycles. The van der Waals surface area contributed by atoms with Crippen molar-refractivity contribution in [2.75, 3.05) is 7.11 Å². The zero-order chi connectivity index (χ0) is 12.0. The van der Waals surface area contributed by atoms with Gasteiger partial charge in [0.05, 0.1) is 5.69 Å². The summed E-state index contributed by atoms with van der Waals surface area (Å²) in [4.78, 5) is 4.60. The van der Waals surface area contributed by atoms with Gasteiger partial charge in [0.1, 0.15) is 11.1 Å². The molecule has 1 N–H and O–H groups in total. The van der Waals surface area contributed by atoms with Gasteiger partial charge >= 0.3 is 0 Å². The Morgan fingerprint density at radius 2 is 2.25 bits per heavy atom. The molecule has 1 rings (SSSR count). The summed E-state index contributed by atoms with van der Waals surface area (Å²) in [7, 11) is 1.76. The van der Waals surface area contributed by atoms with Crippen molar-refractivity contribution < 1.29 is 4.74 Å². The molecule has 1 aromatic rings. The first kappa shape index (κ1) is 13.6. The molecule has 0 aliphatic rings. The largest absolute Gasteiger partial charge is 0.374 e. The van der Waals surface area contributed by atoms with E-state index in [2.05, 4.69) is 36.5 Å². The van der Waals surface area contributed by atoms with Gasteiger partial charge in [0.2, 0.25) is 0 Å². The van der Waals surface area contributed by atoms with E-state index in [0.717, 1.165) is 30.1 Å². The molecule has 0 fully saturated rings. The van der Waals surface area contributed by atoms with Crippen LogP contribution in [0.3, 0.4) is 0 Å². The second-order valence-corrected chi connectivity index (χ2v) is 5.12. The predicted octanol–water partition coefficient (Wildman–Crippen LogP) is 3.13. The maximum atomic E-state index is 5.44. The van der Waals surface area contributed by atoms with Crippen molar-refractivity contribution in [3.05, 3.63) is 16.1 Å². The lowest BCUT2D eigenvalue weighted by Crippen LogP contribution is -2.22. The molecule has 0 bridgehead atoms. The van der Waals surface area contributed by atoms with E-state index in [9.17, 15) is 0 Å². The zero-order valence-electron chi connectivity index (χ0n) is 10.6. The van der Waals surface area contributed by atoms with Gasteiger partial charge in [0, 0.05) is 25.1 Å². The van der Waals surface area contributed by atoms with E-state index < -0.39 is 0 Å². The van der Waals surface area contributed by atoms with Crippen molar-refractivity contribution in [1.82, 2.24) is 10.3 Å². The number of hydrogen-bond acceptors (Lipinski definition) is 4. The lowest BCUT2D eigenvalue weighted by atomic mass is 10.2. The van der Waals surface area contributed by atoms with Crippen LogP contribution in [-0.4, -0.2) is 18.1 Å². The van der Waals surface area contributed by atoms with Crippen molar-refractivity contribution in [1.29, 1.82) is 0 Å². The van der Waals surface area contributed by atoms with Crippen molar-refractivity contribution in [3.63, 3.8) is 0 Å². The van der Waals surface area contributed by atoms with Crippen molar-refractivity contribution >= 4 is 11.3 Å². The summed E-state index contributed by atoms with van der Waals surface area (Å²) in [6, 6.07) is 0.499. The molecule has 0 radical (unpaired) electrons. The first-order valence-corrected chi connectivity index (χ1v) is 6.75. The Morgan fingerprint density at radius 1 is 1.50 bits per heavy atom. The molecule has 0 amide bonds. The number of rotatable bonds is 7. The number of nitrogens with one attached hydrogen (secondary N) is 1. The molecule has 4 heteroatoms. The monoisotopic (exact) mass is 242 g/mol. The third kappa shape index (κ3) is 4.20. The maximum absolute atomic E-state index is 5.44. The van der Waals surface area contributed by atoms with Crippen LogP contribution in [0.25, 0.3) is 0 Å². The highest BCUT2D eigenvalue weighted by atomic mass is 32.1. The zero-order valence-corrected chi connectivity index (χ0v) is 11.4. The van der Waals surface area contributed by atoms with Gasteiger partial charge in [-0.15, -0.1) is 11.3 Å². The van der Waals surface area contributed by atoms with Crippen molar-refractivity contribution in [2.45, 2.75) is 52.3 Å². The summed E-state index contributed by atoms with van der Waals surface area (Å²) in [6.07, 6.45) is 2.33. The summed E-state index contributed by atoms with van der Waals surface area (Å²) >= 11 is 1.70. The quantitative estimate of drug-likeness (QED) is 0.797. The minimum Gasteiger partial charge on any atom is -0.374 e. The Bertz CT molecular complexity index is 299. The molecule has 0 aromatic carbocycles. The summed E-state index contributed by atoms with van der Waals surface area (Å²) < 4.78 is 5.44. The highest BCUT2D eigenvalue weighted by Crippen LogP contribution is 2.25. The number of aromatic nitrogens is 1. The van der Waals surface area contributed by atoms with E-state index in [1.165, 1.54) is 0 Å². The fraction of sp³-hybridized carbons (Fsp3) is 0.750. The number of thiazole rings is 1. The molecule has 0 saturated carbocycles. The van der Waals surface area contributed by atoms with Gasteiger partial charge < -0.3 is 10.1 Å². The lowest BCUT2D eigenvalue weighted by molar-refractivity contribution is 0.0946. The van der Waals surface area contributed by atoms with Crippen LogP contribution in [0.5, 0.6) is 0 Å². The first-order chi connectivity index (χ1) is 7.67. The van der Waals surface area contributed by atoms with Gasteiger partial charge in [-0.05, 0) is 6.42 Å². The first-order valence-electron chi connectivity index (χ1n) is 5.87. The van der Waals surface area contributed by atoms with Gasteiger partial charge in [-0.1, -0.05) is 27.2 Å². The van der Waals surface area contributed by atoms with Crippen LogP contribution in [-0.2, 0) is 11.3 Å². The third-order valence-corrected chi connectivity index (χ3v) is 3.36. The van der Waals surface area contributed by atoms with Crippen LogP contribution < -0.4 is 5.32 Å². The van der Waals surface area contributed by atoms with Crippen molar-refractivity contribution in [2.24, 2.45) is 0 Å². The molecule has 1 atom stereocenters. The molecule has 0 aliphatic carbocycles. The standard InChI is InChI=1S/C12H22N2OS/c1-5-6-11(15-4)12-14-10(8-16-12)7-13-9(2)3/h8-9,11,13H,5-7H2,1-4H3. The van der Waals surface area contributed by atoms with Crippen LogP contribution in [0, 0.1) is 0 Å². The van der Waals surface area contributed by atoms with E-state index in [0.29, 0.717) is 6.04 Å². The summed E-state index contributed by atoms with van der Waals surface area (Å²) in [5.74, 6) is 0. The van der Waals surface area contributed by atoms with Crippen LogP contribution in [0.4, 0.5) is 0 Å². The number of ether oxygens (including phenoxy) is 1. The topological polar surface area (TPSA) is 34.1 Å². The van der Waals surface area contributed by atoms with Crippen LogP contribution in [0.2, 0.25) is 0 Å². The molecule has 0 spiro atoms. The lowest BCUT2D eigenvalue weighted by Gasteiger charge is -2.10. The second kappa shape index (κ2) is 6.99. The Morgan fingerprint density at radius 3 is 2.81 bits per heavy atom. The predicted molar refractivity (Wildman–Crippen MR) is 68.7 cm³/mol. The van der Waals surface area contributed by atoms with E-state index in [4.69, 9.17) is 4.74 Å². The number of nitrogens with zero attached hydrogens (tertiary/aromatic N) is 1. The average molecular weight is 242 g/mol. The molecule has 0 saturated heterocycles. The SMILES string of the molecule is CCCC(OC)c1nc(CNC(C)C)cs1. The Kier molecular flexibility index (Phi) is 5.95. The molecule has 1 unspecified atom stereocenters. The third-order valence-electron chi connectivity index (χ3n) is 2.37. The van der Waals surface area contributed by atoms with E-state index in [-0.39, 0.29) is 6.10 Å². The van der Waals surface area contributed by atoms with Crippen molar-refractivity contribution in [3.8, 4) is 0 Å². The molecular formula is C12H22N2OS. The molecule has 92 valence electrons. The van der Waals surface area contributed by atoms with Crippen LogP contribution in [0.1, 0.15) is 50.4 Å². The van der Waals surface area contributed by atoms with E-state index >= 15 is 0 Å². The Hall–Kier alpha value is -0.450. The van der Waals surface area contributed by atoms with E-state index in [1.807, 2.05) is 0 Å². The minimum atomic E-state index is 0.169. The number of hydrogen-bond donors (Lipinski definition) is 1. The van der Waals surface area contributed by atoms with Gasteiger partial charge in [-0.25, -0.2) is 4.98 Å². The molecule has 1 aromatic heterocycles. The minimum absolute atomic E-state index is 0.169. The molecule has 3 nitrogen and oxygen atoms in total. The highest BCUT2D eigenvalue weighted by molar-refractivity contribution is 7.09. The Labute approximate surface area is 102 Å². The van der Waals surface area contributed by atoms with Gasteiger partial charge in [0.25, 0.3) is 0 Å². The van der Waals surface area contributed by atoms with Crippen LogP contribution in [0.15, 0.2) is 5.38 Å². The molecule has 0 aliphatic heterocycles. The number of methoxy groups -OCH3 is 1. The van der Waals surface area contributed by atoms with Gasteiger partial charge in [-0.3, -0.25) is 0 Å². The second-order valence-electron chi connectivity index (χ2n) is 4.23. The summed E-state index contributed by atoms with van der Waals surface area (Å²) in [6.45, 7) is 7.29. The fourth-order valence-electron chi connectivity index (χ4n) is 1.46. The molecular weight excluding hydrogens is 220 g/mol. The van der Waals surface area contributed by atoms with E-state index in [1.54, 1.807) is 18.4 Å².